The van der Waals surface area contributed by atoms with Gasteiger partial charge in [-0.05, 0) is 46.4 Å². The molecule has 120 valence electrons. The van der Waals surface area contributed by atoms with Crippen molar-refractivity contribution in [2.45, 2.75) is 25.3 Å². The molecule has 1 aliphatic heterocycles. The van der Waals surface area contributed by atoms with E-state index in [2.05, 4.69) is 23.9 Å². The summed E-state index contributed by atoms with van der Waals surface area (Å²) in [4.78, 5) is 4.63. The maximum Gasteiger partial charge on any atom is 0.213 e. The summed E-state index contributed by atoms with van der Waals surface area (Å²) < 4.78 is 25.4. The maximum atomic E-state index is 12.0. The van der Waals surface area contributed by atoms with Crippen LogP contribution in [0.5, 0.6) is 0 Å². The monoisotopic (exact) mass is 325 g/mol. The lowest BCUT2D eigenvalue weighted by Crippen LogP contribution is -2.45. The van der Waals surface area contributed by atoms with E-state index in [0.29, 0.717) is 24.9 Å². The molecule has 0 aromatic carbocycles. The van der Waals surface area contributed by atoms with Gasteiger partial charge in [0.1, 0.15) is 0 Å². The lowest BCUT2D eigenvalue weighted by molar-refractivity contribution is 0.141. The molecule has 1 saturated heterocycles. The molecule has 1 rings (SSSR count). The first kappa shape index (κ1) is 18.2. The van der Waals surface area contributed by atoms with E-state index in [0.717, 1.165) is 32.5 Å². The molecule has 20 heavy (non-hydrogen) atoms. The van der Waals surface area contributed by atoms with Crippen molar-refractivity contribution >= 4 is 21.6 Å². The van der Waals surface area contributed by atoms with Crippen LogP contribution in [0.2, 0.25) is 0 Å². The number of likely N-dealkylation sites (tertiary alicyclic amines) is 1. The number of rotatable bonds is 8. The normalized spacial score (nSPS) is 19.1. The summed E-state index contributed by atoms with van der Waals surface area (Å²) in [5, 5.41) is 0. The summed E-state index contributed by atoms with van der Waals surface area (Å²) >= 11 is 5.56. The predicted molar refractivity (Wildman–Crippen MR) is 84.9 cm³/mol. The molecule has 0 aromatic heterocycles. The topological polar surface area (TPSA) is 43.9 Å². The number of piperidine rings is 1. The molecule has 0 bridgehead atoms. The van der Waals surface area contributed by atoms with Crippen LogP contribution in [-0.4, -0.2) is 87.5 Å². The molecule has 0 N–H and O–H groups in total. The first-order valence-corrected chi connectivity index (χ1v) is 9.40. The van der Waals surface area contributed by atoms with Crippen molar-refractivity contribution < 1.29 is 8.42 Å². The fraction of sp³-hybridized carbons (Fsp3) is 1.00. The number of nitrogens with zero attached hydrogens (tertiary/aromatic N) is 3. The zero-order valence-electron chi connectivity index (χ0n) is 12.9. The van der Waals surface area contributed by atoms with Gasteiger partial charge in [-0.1, -0.05) is 0 Å². The summed E-state index contributed by atoms with van der Waals surface area (Å²) in [5.41, 5.74) is 0. The van der Waals surface area contributed by atoms with Crippen molar-refractivity contribution in [3.8, 4) is 0 Å². The Morgan fingerprint density at radius 1 is 1.20 bits per heavy atom. The van der Waals surface area contributed by atoms with E-state index in [1.807, 2.05) is 0 Å². The number of sulfonamides is 1. The van der Waals surface area contributed by atoms with Crippen molar-refractivity contribution in [3.63, 3.8) is 0 Å². The van der Waals surface area contributed by atoms with Crippen LogP contribution in [0.1, 0.15) is 19.3 Å². The van der Waals surface area contributed by atoms with Gasteiger partial charge in [0.15, 0.2) is 0 Å². The summed E-state index contributed by atoms with van der Waals surface area (Å²) in [7, 11) is 2.75. The van der Waals surface area contributed by atoms with Gasteiger partial charge in [-0.2, -0.15) is 0 Å². The average molecular weight is 326 g/mol. The van der Waals surface area contributed by atoms with Gasteiger partial charge in [0, 0.05) is 32.1 Å². The molecule has 1 aliphatic rings. The Bertz CT molecular complexity index is 370. The van der Waals surface area contributed by atoms with Crippen LogP contribution < -0.4 is 0 Å². The molecular formula is C13H28ClN3O2S. The highest BCUT2D eigenvalue weighted by molar-refractivity contribution is 7.89. The summed E-state index contributed by atoms with van der Waals surface area (Å²) in [6.45, 7) is 3.58. The van der Waals surface area contributed by atoms with Gasteiger partial charge in [0.25, 0.3) is 0 Å². The van der Waals surface area contributed by atoms with Gasteiger partial charge in [-0.15, -0.1) is 11.6 Å². The fourth-order valence-electron chi connectivity index (χ4n) is 2.45. The van der Waals surface area contributed by atoms with E-state index < -0.39 is 10.0 Å². The summed E-state index contributed by atoms with van der Waals surface area (Å²) in [6, 6.07) is 0.574. The van der Waals surface area contributed by atoms with E-state index >= 15 is 0 Å². The number of hydrogen-bond acceptors (Lipinski definition) is 4. The van der Waals surface area contributed by atoms with Crippen molar-refractivity contribution in [2.24, 2.45) is 0 Å². The Hall–Kier alpha value is 0.120. The van der Waals surface area contributed by atoms with Crippen molar-refractivity contribution in [1.29, 1.82) is 0 Å². The van der Waals surface area contributed by atoms with Crippen LogP contribution in [0, 0.1) is 0 Å². The Labute approximate surface area is 128 Å². The third-order valence-corrected chi connectivity index (χ3v) is 6.29. The van der Waals surface area contributed by atoms with Gasteiger partial charge < -0.3 is 9.80 Å². The first-order valence-electron chi connectivity index (χ1n) is 7.25. The Morgan fingerprint density at radius 2 is 1.80 bits per heavy atom. The Kier molecular flexibility index (Phi) is 7.75. The third-order valence-electron chi connectivity index (χ3n) is 4.09. The number of likely N-dealkylation sites (N-methyl/N-ethyl adjacent to an activating group) is 2. The lowest BCUT2D eigenvalue weighted by atomic mass is 10.0. The van der Waals surface area contributed by atoms with Crippen LogP contribution >= 0.6 is 11.6 Å². The Morgan fingerprint density at radius 3 is 2.35 bits per heavy atom. The molecule has 0 aliphatic carbocycles. The third kappa shape index (κ3) is 5.85. The van der Waals surface area contributed by atoms with Gasteiger partial charge in [-0.3, -0.25) is 0 Å². The van der Waals surface area contributed by atoms with E-state index in [1.165, 1.54) is 4.31 Å². The fourth-order valence-corrected chi connectivity index (χ4v) is 3.92. The van der Waals surface area contributed by atoms with Crippen LogP contribution in [0.15, 0.2) is 0 Å². The van der Waals surface area contributed by atoms with Gasteiger partial charge in [-0.25, -0.2) is 12.7 Å². The zero-order valence-corrected chi connectivity index (χ0v) is 14.5. The molecule has 1 fully saturated rings. The molecule has 1 heterocycles. The Balaban J connectivity index is 2.34. The minimum Gasteiger partial charge on any atom is -0.306 e. The molecule has 0 spiro atoms. The zero-order chi connectivity index (χ0) is 15.2. The smallest absolute Gasteiger partial charge is 0.213 e. The van der Waals surface area contributed by atoms with E-state index in [4.69, 9.17) is 11.6 Å². The second-order valence-corrected chi connectivity index (χ2v) is 8.27. The maximum absolute atomic E-state index is 12.0. The molecule has 7 heteroatoms. The van der Waals surface area contributed by atoms with E-state index in [1.54, 1.807) is 7.05 Å². The van der Waals surface area contributed by atoms with Crippen LogP contribution in [0.25, 0.3) is 0 Å². The molecule has 0 amide bonds. The minimum atomic E-state index is -3.14. The SMILES string of the molecule is CN1CCC(N(C)CCN(C)S(=O)(=O)CCCCl)CC1. The van der Waals surface area contributed by atoms with E-state index in [-0.39, 0.29) is 5.75 Å². The number of hydrogen-bond donors (Lipinski definition) is 0. The summed E-state index contributed by atoms with van der Waals surface area (Å²) in [5.74, 6) is 0.535. The highest BCUT2D eigenvalue weighted by Gasteiger charge is 2.22. The van der Waals surface area contributed by atoms with Gasteiger partial charge in [0.05, 0.1) is 5.75 Å². The van der Waals surface area contributed by atoms with Crippen LogP contribution in [0.3, 0.4) is 0 Å². The minimum absolute atomic E-state index is 0.144. The first-order chi connectivity index (χ1) is 9.36. The summed E-state index contributed by atoms with van der Waals surface area (Å²) in [6.07, 6.45) is 2.84. The highest BCUT2D eigenvalue weighted by atomic mass is 35.5. The van der Waals surface area contributed by atoms with Crippen molar-refractivity contribution in [3.05, 3.63) is 0 Å². The van der Waals surface area contributed by atoms with E-state index in [9.17, 15) is 8.42 Å². The number of alkyl halides is 1. The highest BCUT2D eigenvalue weighted by Crippen LogP contribution is 2.14. The largest absolute Gasteiger partial charge is 0.306 e. The predicted octanol–water partition coefficient (Wildman–Crippen LogP) is 0.903. The van der Waals surface area contributed by atoms with Crippen molar-refractivity contribution in [2.75, 3.05) is 59.0 Å². The molecule has 0 unspecified atom stereocenters. The molecule has 0 atom stereocenters. The lowest BCUT2D eigenvalue weighted by Gasteiger charge is -2.35. The molecule has 0 saturated carbocycles. The standard InChI is InChI=1S/C13H28ClN3O2S/c1-15-8-5-13(6-9-15)16(2)10-11-17(3)20(18,19)12-4-7-14/h13H,4-12H2,1-3H3. The molecule has 5 nitrogen and oxygen atoms in total. The van der Waals surface area contributed by atoms with Gasteiger partial charge in [0.2, 0.25) is 10.0 Å². The average Bonchev–Trinajstić information content (AvgIpc) is 2.42. The van der Waals surface area contributed by atoms with Crippen LogP contribution in [0.4, 0.5) is 0 Å². The molecule has 0 aromatic rings. The second kappa shape index (κ2) is 8.54. The molecule has 0 radical (unpaired) electrons. The second-order valence-electron chi connectivity index (χ2n) is 5.70. The van der Waals surface area contributed by atoms with Gasteiger partial charge >= 0.3 is 0 Å². The van der Waals surface area contributed by atoms with Crippen LogP contribution in [-0.2, 0) is 10.0 Å². The molecular weight excluding hydrogens is 298 g/mol. The van der Waals surface area contributed by atoms with Crippen molar-refractivity contribution in [1.82, 2.24) is 14.1 Å². The quantitative estimate of drug-likeness (QED) is 0.622. The number of halogens is 1.